The number of hydrogen-bond acceptors (Lipinski definition) is 3. The van der Waals surface area contributed by atoms with Crippen LogP contribution in [-0.4, -0.2) is 5.84 Å². The molecular weight excluding hydrogens is 392 g/mol. The zero-order valence-corrected chi connectivity index (χ0v) is 18.3. The zero-order valence-electron chi connectivity index (χ0n) is 17.6. The fourth-order valence-electron chi connectivity index (χ4n) is 5.70. The van der Waals surface area contributed by atoms with Gasteiger partial charge in [-0.15, -0.1) is 0 Å². The third kappa shape index (κ3) is 2.48. The van der Waals surface area contributed by atoms with Crippen molar-refractivity contribution in [2.45, 2.75) is 57.5 Å². The smallest absolute Gasteiger partial charge is 0.139 e. The molecule has 0 amide bonds. The van der Waals surface area contributed by atoms with Crippen LogP contribution >= 0.6 is 11.6 Å². The minimum absolute atomic E-state index is 0.0679. The Hall–Kier alpha value is -2.52. The largest absolute Gasteiger partial charge is 0.464 e. The molecule has 2 atom stereocenters. The summed E-state index contributed by atoms with van der Waals surface area (Å²) >= 11 is 6.11. The van der Waals surface area contributed by atoms with Gasteiger partial charge in [0, 0.05) is 21.7 Å². The summed E-state index contributed by atoms with van der Waals surface area (Å²) in [6.45, 7) is 6.87. The van der Waals surface area contributed by atoms with Crippen molar-refractivity contribution in [3.8, 4) is 11.3 Å². The van der Waals surface area contributed by atoms with Gasteiger partial charge in [-0.05, 0) is 78.1 Å². The normalized spacial score (nSPS) is 23.0. The Morgan fingerprint density at radius 1 is 1.10 bits per heavy atom. The molecule has 2 aromatic carbocycles. The zero-order chi connectivity index (χ0) is 20.6. The molecule has 6 rings (SSSR count). The van der Waals surface area contributed by atoms with Crippen molar-refractivity contribution in [2.75, 3.05) is 0 Å². The van der Waals surface area contributed by atoms with Crippen LogP contribution in [0.3, 0.4) is 0 Å². The summed E-state index contributed by atoms with van der Waals surface area (Å²) in [5.41, 5.74) is 9.26. The highest BCUT2D eigenvalue weighted by Gasteiger charge is 2.44. The van der Waals surface area contributed by atoms with E-state index in [0.29, 0.717) is 0 Å². The van der Waals surface area contributed by atoms with Crippen LogP contribution in [0, 0.1) is 6.92 Å². The van der Waals surface area contributed by atoms with E-state index in [1.807, 2.05) is 30.5 Å². The number of amidine groups is 1. The molecule has 0 bridgehead atoms. The van der Waals surface area contributed by atoms with Crippen LogP contribution in [0.2, 0.25) is 5.02 Å². The Balaban J connectivity index is 1.59. The quantitative estimate of drug-likeness (QED) is 0.481. The summed E-state index contributed by atoms with van der Waals surface area (Å²) in [4.78, 5) is 5.25. The summed E-state index contributed by atoms with van der Waals surface area (Å²) in [6, 6.07) is 12.7. The van der Waals surface area contributed by atoms with Crippen molar-refractivity contribution in [1.29, 1.82) is 0 Å². The number of benzene rings is 2. The molecular formula is C26H25ClN2O. The van der Waals surface area contributed by atoms with Gasteiger partial charge in [0.2, 0.25) is 0 Å². The Kier molecular flexibility index (Phi) is 3.80. The van der Waals surface area contributed by atoms with Gasteiger partial charge in [0.25, 0.3) is 0 Å². The number of aliphatic imine (C=N–C) groups is 1. The monoisotopic (exact) mass is 416 g/mol. The van der Waals surface area contributed by atoms with Gasteiger partial charge in [-0.25, -0.2) is 0 Å². The van der Waals surface area contributed by atoms with Crippen LogP contribution in [0.15, 0.2) is 52.1 Å². The van der Waals surface area contributed by atoms with Crippen molar-refractivity contribution in [3.05, 3.63) is 81.1 Å². The third-order valence-electron chi connectivity index (χ3n) is 7.18. The maximum Gasteiger partial charge on any atom is 0.139 e. The summed E-state index contributed by atoms with van der Waals surface area (Å²) < 4.78 is 6.11. The molecule has 2 unspecified atom stereocenters. The first-order chi connectivity index (χ1) is 14.4. The first-order valence-electron chi connectivity index (χ1n) is 10.8. The summed E-state index contributed by atoms with van der Waals surface area (Å²) in [5.74, 6) is 1.95. The minimum Gasteiger partial charge on any atom is -0.464 e. The average Bonchev–Trinajstić information content (AvgIpc) is 3.32. The highest BCUT2D eigenvalue weighted by molar-refractivity contribution is 6.30. The number of halogens is 1. The predicted octanol–water partition coefficient (Wildman–Crippen LogP) is 6.67. The van der Waals surface area contributed by atoms with Crippen LogP contribution in [-0.2, 0) is 11.8 Å². The molecule has 3 aliphatic rings. The number of rotatable bonds is 1. The van der Waals surface area contributed by atoms with Gasteiger partial charge in [0.1, 0.15) is 17.6 Å². The highest BCUT2D eigenvalue weighted by atomic mass is 35.5. The van der Waals surface area contributed by atoms with E-state index in [9.17, 15) is 0 Å². The molecule has 3 nitrogen and oxygen atoms in total. The van der Waals surface area contributed by atoms with Crippen LogP contribution in [0.4, 0.5) is 0 Å². The minimum atomic E-state index is 0.0679. The van der Waals surface area contributed by atoms with Gasteiger partial charge >= 0.3 is 0 Å². The highest BCUT2D eigenvalue weighted by Crippen LogP contribution is 2.54. The summed E-state index contributed by atoms with van der Waals surface area (Å²) in [7, 11) is 0. The molecule has 0 spiro atoms. The van der Waals surface area contributed by atoms with Crippen molar-refractivity contribution >= 4 is 17.4 Å². The van der Waals surface area contributed by atoms with E-state index in [1.54, 1.807) is 0 Å². The number of aryl methyl sites for hydroxylation is 1. The molecule has 0 fully saturated rings. The molecule has 3 aromatic rings. The van der Waals surface area contributed by atoms with Gasteiger partial charge in [-0.1, -0.05) is 37.6 Å². The fourth-order valence-corrected chi connectivity index (χ4v) is 5.82. The van der Waals surface area contributed by atoms with Crippen LogP contribution in [0.1, 0.15) is 72.2 Å². The Bertz CT molecular complexity index is 1200. The molecule has 1 N–H and O–H groups in total. The second kappa shape index (κ2) is 6.24. The maximum absolute atomic E-state index is 6.11. The molecule has 0 saturated carbocycles. The molecule has 0 radical (unpaired) electrons. The molecule has 0 saturated heterocycles. The van der Waals surface area contributed by atoms with E-state index in [-0.39, 0.29) is 17.5 Å². The van der Waals surface area contributed by atoms with Crippen molar-refractivity contribution < 1.29 is 4.42 Å². The second-order valence-electron chi connectivity index (χ2n) is 9.50. The number of fused-ring (bicyclic) bond motifs is 8. The van der Waals surface area contributed by atoms with Crippen LogP contribution in [0.5, 0.6) is 0 Å². The topological polar surface area (TPSA) is 37.5 Å². The number of nitrogens with one attached hydrogen (secondary N) is 1. The molecule has 152 valence electrons. The third-order valence-corrected chi connectivity index (χ3v) is 7.43. The summed E-state index contributed by atoms with van der Waals surface area (Å²) in [5, 5.41) is 4.47. The van der Waals surface area contributed by atoms with E-state index in [0.717, 1.165) is 28.6 Å². The van der Waals surface area contributed by atoms with Crippen molar-refractivity contribution in [3.63, 3.8) is 0 Å². The lowest BCUT2D eigenvalue weighted by Crippen LogP contribution is -2.30. The van der Waals surface area contributed by atoms with E-state index < -0.39 is 0 Å². The molecule has 2 aliphatic carbocycles. The maximum atomic E-state index is 6.11. The Morgan fingerprint density at radius 3 is 2.70 bits per heavy atom. The lowest BCUT2D eigenvalue weighted by Gasteiger charge is -2.37. The molecule has 1 aromatic heterocycles. The SMILES string of the molecule is Cc1coc2c1C1NC(c3ccc(Cl)cc3)=NC1c1c-2ccc2c1CCCC2(C)C. The van der Waals surface area contributed by atoms with Gasteiger partial charge in [-0.3, -0.25) is 4.99 Å². The number of nitrogens with zero attached hydrogens (tertiary/aromatic N) is 1. The van der Waals surface area contributed by atoms with Gasteiger partial charge in [-0.2, -0.15) is 0 Å². The molecule has 4 heteroatoms. The second-order valence-corrected chi connectivity index (χ2v) is 9.94. The van der Waals surface area contributed by atoms with Gasteiger partial charge in [0.15, 0.2) is 0 Å². The average molecular weight is 417 g/mol. The van der Waals surface area contributed by atoms with Crippen LogP contribution in [0.25, 0.3) is 11.3 Å². The predicted molar refractivity (Wildman–Crippen MR) is 121 cm³/mol. The lowest BCUT2D eigenvalue weighted by atomic mass is 9.68. The first kappa shape index (κ1) is 18.3. The van der Waals surface area contributed by atoms with E-state index in [2.05, 4.69) is 38.2 Å². The number of hydrogen-bond donors (Lipinski definition) is 1. The van der Waals surface area contributed by atoms with Gasteiger partial charge in [0.05, 0.1) is 12.3 Å². The first-order valence-corrected chi connectivity index (χ1v) is 11.2. The lowest BCUT2D eigenvalue weighted by molar-refractivity contribution is 0.426. The van der Waals surface area contributed by atoms with Crippen LogP contribution < -0.4 is 5.32 Å². The Morgan fingerprint density at radius 2 is 1.90 bits per heavy atom. The fraction of sp³-hybridized carbons (Fsp3) is 0.346. The van der Waals surface area contributed by atoms with Crippen molar-refractivity contribution in [2.24, 2.45) is 4.99 Å². The molecule has 1 aliphatic heterocycles. The molecule has 2 heterocycles. The standard InChI is InChI=1S/C26H25ClN2O/c1-14-13-30-24-18-10-11-19-17(5-4-12-26(19,2)3)21(18)23-22(20(14)24)28-25(29-23)15-6-8-16(27)9-7-15/h6-11,13,22-23H,4-5,12H2,1-3H3,(H,28,29). The van der Waals surface area contributed by atoms with Crippen molar-refractivity contribution in [1.82, 2.24) is 5.32 Å². The van der Waals surface area contributed by atoms with E-state index in [1.165, 1.54) is 46.2 Å². The van der Waals surface area contributed by atoms with E-state index in [4.69, 9.17) is 21.0 Å². The van der Waals surface area contributed by atoms with Gasteiger partial charge < -0.3 is 9.73 Å². The Labute approximate surface area is 182 Å². The number of furan rings is 1. The molecule has 30 heavy (non-hydrogen) atoms. The van der Waals surface area contributed by atoms with E-state index >= 15 is 0 Å². The summed E-state index contributed by atoms with van der Waals surface area (Å²) in [6.07, 6.45) is 5.46.